The van der Waals surface area contributed by atoms with Gasteiger partial charge in [-0.25, -0.2) is 0 Å². The molecule has 5 nitrogen and oxygen atoms in total. The predicted octanol–water partition coefficient (Wildman–Crippen LogP) is 1.93. The van der Waals surface area contributed by atoms with Crippen LogP contribution in [-0.4, -0.2) is 23.1 Å². The van der Waals surface area contributed by atoms with E-state index in [1.807, 2.05) is 30.3 Å². The second-order valence-electron chi connectivity index (χ2n) is 5.29. The van der Waals surface area contributed by atoms with Gasteiger partial charge in [0.25, 0.3) is 0 Å². The van der Waals surface area contributed by atoms with Crippen LogP contribution in [0.4, 0.5) is 0 Å². The summed E-state index contributed by atoms with van der Waals surface area (Å²) in [6.07, 6.45) is 0.326. The summed E-state index contributed by atoms with van der Waals surface area (Å²) in [5.74, 6) is -1.33. The van der Waals surface area contributed by atoms with Crippen molar-refractivity contribution in [3.63, 3.8) is 0 Å². The number of hydrogen-bond acceptors (Lipinski definition) is 4. The summed E-state index contributed by atoms with van der Waals surface area (Å²) in [6, 6.07) is 15.7. The van der Waals surface area contributed by atoms with Gasteiger partial charge in [0, 0.05) is 0 Å². The molecule has 0 aliphatic carbocycles. The second-order valence-corrected chi connectivity index (χ2v) is 5.29. The first-order valence-corrected chi connectivity index (χ1v) is 7.30. The molecule has 0 amide bonds. The normalized spacial score (nSPS) is 11.7. The van der Waals surface area contributed by atoms with E-state index in [1.165, 1.54) is 0 Å². The molecule has 3 N–H and O–H groups in total. The van der Waals surface area contributed by atoms with Gasteiger partial charge in [0.2, 0.25) is 0 Å². The van der Waals surface area contributed by atoms with E-state index in [2.05, 4.69) is 0 Å². The van der Waals surface area contributed by atoms with E-state index >= 15 is 0 Å². The van der Waals surface area contributed by atoms with Crippen LogP contribution in [0.5, 0.6) is 0 Å². The molecule has 2 aromatic rings. The van der Waals surface area contributed by atoms with Gasteiger partial charge in [0.15, 0.2) is 0 Å². The number of aliphatic carboxylic acids is 1. The molecule has 1 atom stereocenters. The highest BCUT2D eigenvalue weighted by Gasteiger charge is 2.16. The summed E-state index contributed by atoms with van der Waals surface area (Å²) >= 11 is 0. The third-order valence-corrected chi connectivity index (χ3v) is 3.36. The molecule has 0 saturated heterocycles. The Kier molecular flexibility index (Phi) is 5.88. The number of carboxylic acids is 1. The third kappa shape index (κ3) is 5.56. The molecule has 0 heterocycles. The van der Waals surface area contributed by atoms with E-state index in [1.54, 1.807) is 24.3 Å². The Balaban J connectivity index is 1.84. The highest BCUT2D eigenvalue weighted by Crippen LogP contribution is 2.09. The lowest BCUT2D eigenvalue weighted by atomic mass is 10.0. The van der Waals surface area contributed by atoms with Crippen molar-refractivity contribution in [1.29, 1.82) is 0 Å². The minimum atomic E-state index is -0.876. The first-order chi connectivity index (χ1) is 11.0. The summed E-state index contributed by atoms with van der Waals surface area (Å²) in [6.45, 7) is 0.199. The van der Waals surface area contributed by atoms with Gasteiger partial charge in [-0.15, -0.1) is 0 Å². The number of carboxylic acid groups (broad SMARTS) is 1. The lowest BCUT2D eigenvalue weighted by Crippen LogP contribution is -2.34. The highest BCUT2D eigenvalue weighted by atomic mass is 16.5. The maximum Gasteiger partial charge on any atom is 0.323 e. The molecule has 0 radical (unpaired) electrons. The Hall–Kier alpha value is -2.66. The maximum atomic E-state index is 11.9. The fraction of sp³-hybridized carbons (Fsp3) is 0.222. The van der Waals surface area contributed by atoms with Gasteiger partial charge in [0.05, 0.1) is 6.42 Å². The van der Waals surface area contributed by atoms with Crippen molar-refractivity contribution in [3.05, 3.63) is 71.3 Å². The Labute approximate surface area is 134 Å². The molecule has 0 spiro atoms. The fourth-order valence-electron chi connectivity index (χ4n) is 2.14. The Bertz CT molecular complexity index is 652. The van der Waals surface area contributed by atoms with Gasteiger partial charge in [-0.3, -0.25) is 9.59 Å². The SMILES string of the molecule is N[C@H](Cc1ccc(CC(=O)O)cc1)C(=O)OCc1ccccc1. The fourth-order valence-corrected chi connectivity index (χ4v) is 2.14. The molecule has 0 aliphatic rings. The van der Waals surface area contributed by atoms with Crippen LogP contribution in [0.3, 0.4) is 0 Å². The Morgan fingerprint density at radius 1 is 0.957 bits per heavy atom. The van der Waals surface area contributed by atoms with E-state index in [9.17, 15) is 9.59 Å². The van der Waals surface area contributed by atoms with E-state index < -0.39 is 18.0 Å². The zero-order valence-electron chi connectivity index (χ0n) is 12.6. The number of hydrogen-bond donors (Lipinski definition) is 2. The predicted molar refractivity (Wildman–Crippen MR) is 85.7 cm³/mol. The molecule has 23 heavy (non-hydrogen) atoms. The van der Waals surface area contributed by atoms with Crippen LogP contribution in [0.1, 0.15) is 16.7 Å². The number of carbonyl (C=O) groups excluding carboxylic acids is 1. The van der Waals surface area contributed by atoms with Crippen molar-refractivity contribution >= 4 is 11.9 Å². The third-order valence-electron chi connectivity index (χ3n) is 3.36. The molecule has 0 unspecified atom stereocenters. The van der Waals surface area contributed by atoms with Gasteiger partial charge < -0.3 is 15.6 Å². The van der Waals surface area contributed by atoms with Gasteiger partial charge >= 0.3 is 11.9 Å². The van der Waals surface area contributed by atoms with Crippen molar-refractivity contribution in [2.24, 2.45) is 5.73 Å². The minimum Gasteiger partial charge on any atom is -0.481 e. The summed E-state index contributed by atoms with van der Waals surface area (Å²) in [7, 11) is 0. The van der Waals surface area contributed by atoms with Crippen LogP contribution in [0, 0.1) is 0 Å². The molecular formula is C18H19NO4. The van der Waals surface area contributed by atoms with Crippen molar-refractivity contribution < 1.29 is 19.4 Å². The smallest absolute Gasteiger partial charge is 0.323 e. The van der Waals surface area contributed by atoms with Crippen LogP contribution in [-0.2, 0) is 33.8 Å². The zero-order chi connectivity index (χ0) is 16.7. The summed E-state index contributed by atoms with van der Waals surface area (Å²) in [4.78, 5) is 22.5. The lowest BCUT2D eigenvalue weighted by molar-refractivity contribution is -0.146. The van der Waals surface area contributed by atoms with Crippen LogP contribution >= 0.6 is 0 Å². The number of benzene rings is 2. The van der Waals surface area contributed by atoms with Crippen LogP contribution in [0.15, 0.2) is 54.6 Å². The quantitative estimate of drug-likeness (QED) is 0.762. The van der Waals surface area contributed by atoms with Crippen molar-refractivity contribution in [2.45, 2.75) is 25.5 Å². The number of ether oxygens (including phenoxy) is 1. The summed E-state index contributed by atoms with van der Waals surface area (Å²) in [5.41, 5.74) is 8.35. The van der Waals surface area contributed by atoms with Gasteiger partial charge in [-0.05, 0) is 23.1 Å². The van der Waals surface area contributed by atoms with E-state index in [4.69, 9.17) is 15.6 Å². The average molecular weight is 313 g/mol. The highest BCUT2D eigenvalue weighted by molar-refractivity contribution is 5.76. The van der Waals surface area contributed by atoms with E-state index in [0.717, 1.165) is 11.1 Å². The first-order valence-electron chi connectivity index (χ1n) is 7.30. The Morgan fingerprint density at radius 2 is 1.57 bits per heavy atom. The molecule has 0 bridgehead atoms. The average Bonchev–Trinajstić information content (AvgIpc) is 2.55. The molecule has 0 fully saturated rings. The number of nitrogens with two attached hydrogens (primary N) is 1. The van der Waals surface area contributed by atoms with Gasteiger partial charge in [-0.2, -0.15) is 0 Å². The summed E-state index contributed by atoms with van der Waals surface area (Å²) in [5, 5.41) is 8.73. The van der Waals surface area contributed by atoms with E-state index in [0.29, 0.717) is 12.0 Å². The molecule has 5 heteroatoms. The Morgan fingerprint density at radius 3 is 2.17 bits per heavy atom. The van der Waals surface area contributed by atoms with E-state index in [-0.39, 0.29) is 13.0 Å². The molecule has 120 valence electrons. The molecule has 2 rings (SSSR count). The molecule has 0 aromatic heterocycles. The summed E-state index contributed by atoms with van der Waals surface area (Å²) < 4.78 is 5.20. The minimum absolute atomic E-state index is 0.0224. The van der Waals surface area contributed by atoms with Crippen LogP contribution < -0.4 is 5.73 Å². The van der Waals surface area contributed by atoms with Crippen LogP contribution in [0.25, 0.3) is 0 Å². The van der Waals surface area contributed by atoms with Gasteiger partial charge in [0.1, 0.15) is 12.6 Å². The standard InChI is InChI=1S/C18H19NO4/c19-16(18(22)23-12-15-4-2-1-3-5-15)10-13-6-8-14(9-7-13)11-17(20)21/h1-9,16H,10-12,19H2,(H,20,21)/t16-/m1/s1. The molecule has 0 aliphatic heterocycles. The second kappa shape index (κ2) is 8.10. The van der Waals surface area contributed by atoms with Crippen molar-refractivity contribution in [1.82, 2.24) is 0 Å². The maximum absolute atomic E-state index is 11.9. The number of esters is 1. The molecule has 2 aromatic carbocycles. The first kappa shape index (κ1) is 16.7. The number of rotatable bonds is 7. The topological polar surface area (TPSA) is 89.6 Å². The van der Waals surface area contributed by atoms with Crippen LogP contribution in [0.2, 0.25) is 0 Å². The number of carbonyl (C=O) groups is 2. The molecule has 0 saturated carbocycles. The van der Waals surface area contributed by atoms with Gasteiger partial charge in [-0.1, -0.05) is 54.6 Å². The monoisotopic (exact) mass is 313 g/mol. The van der Waals surface area contributed by atoms with Crippen molar-refractivity contribution in [2.75, 3.05) is 0 Å². The molecular weight excluding hydrogens is 294 g/mol. The lowest BCUT2D eigenvalue weighted by Gasteiger charge is -2.12. The largest absolute Gasteiger partial charge is 0.481 e. The van der Waals surface area contributed by atoms with Crippen molar-refractivity contribution in [3.8, 4) is 0 Å². The zero-order valence-corrected chi connectivity index (χ0v) is 12.6.